The summed E-state index contributed by atoms with van der Waals surface area (Å²) >= 11 is 0. The average molecular weight is 311 g/mol. The Bertz CT molecular complexity index is 610. The first kappa shape index (κ1) is 16.5. The highest BCUT2D eigenvalue weighted by Crippen LogP contribution is 2.27. The molecule has 1 heterocycles. The molecule has 1 atom stereocenters. The van der Waals surface area contributed by atoms with Gasteiger partial charge in [0.1, 0.15) is 0 Å². The SMILES string of the molecule is Cc1cc(CO)cc(S(=O)(=O)N2CCCC(C)CC2)c1C. The summed E-state index contributed by atoms with van der Waals surface area (Å²) in [5, 5.41) is 9.32. The summed E-state index contributed by atoms with van der Waals surface area (Å²) in [5.74, 6) is 0.580. The van der Waals surface area contributed by atoms with Gasteiger partial charge in [-0.15, -0.1) is 0 Å². The molecular weight excluding hydrogens is 286 g/mol. The summed E-state index contributed by atoms with van der Waals surface area (Å²) in [4.78, 5) is 0.348. The third-order valence-corrected chi connectivity index (χ3v) is 6.48. The largest absolute Gasteiger partial charge is 0.392 e. The Morgan fingerprint density at radius 2 is 1.95 bits per heavy atom. The third-order valence-electron chi connectivity index (χ3n) is 4.46. The Hall–Kier alpha value is -0.910. The molecule has 4 nitrogen and oxygen atoms in total. The van der Waals surface area contributed by atoms with Gasteiger partial charge in [-0.3, -0.25) is 0 Å². The van der Waals surface area contributed by atoms with E-state index in [9.17, 15) is 13.5 Å². The topological polar surface area (TPSA) is 57.6 Å². The van der Waals surface area contributed by atoms with Crippen LogP contribution in [0.2, 0.25) is 0 Å². The Kier molecular flexibility index (Phi) is 5.07. The van der Waals surface area contributed by atoms with Crippen LogP contribution in [-0.4, -0.2) is 30.9 Å². The molecule has 0 bridgehead atoms. The van der Waals surface area contributed by atoms with E-state index in [-0.39, 0.29) is 6.61 Å². The zero-order valence-corrected chi connectivity index (χ0v) is 13.9. The zero-order chi connectivity index (χ0) is 15.6. The molecule has 1 aromatic rings. The van der Waals surface area contributed by atoms with Crippen molar-refractivity contribution in [2.75, 3.05) is 13.1 Å². The lowest BCUT2D eigenvalue weighted by Gasteiger charge is -2.22. The third kappa shape index (κ3) is 3.47. The summed E-state index contributed by atoms with van der Waals surface area (Å²) in [7, 11) is -3.47. The van der Waals surface area contributed by atoms with Crippen LogP contribution in [0.4, 0.5) is 0 Å². The van der Waals surface area contributed by atoms with Gasteiger partial charge in [-0.1, -0.05) is 13.0 Å². The molecule has 1 N–H and O–H groups in total. The van der Waals surface area contributed by atoms with Crippen LogP contribution in [0.5, 0.6) is 0 Å². The maximum Gasteiger partial charge on any atom is 0.243 e. The van der Waals surface area contributed by atoms with E-state index in [4.69, 9.17) is 0 Å². The average Bonchev–Trinajstić information content (AvgIpc) is 2.66. The van der Waals surface area contributed by atoms with Crippen molar-refractivity contribution in [1.82, 2.24) is 4.31 Å². The van der Waals surface area contributed by atoms with Gasteiger partial charge in [0.05, 0.1) is 11.5 Å². The predicted octanol–water partition coefficient (Wildman–Crippen LogP) is 2.61. The molecule has 1 fully saturated rings. The molecule has 0 radical (unpaired) electrons. The summed E-state index contributed by atoms with van der Waals surface area (Å²) in [6.07, 6.45) is 2.91. The molecule has 0 amide bonds. The highest BCUT2D eigenvalue weighted by Gasteiger charge is 2.28. The molecule has 5 heteroatoms. The maximum atomic E-state index is 12.9. The molecule has 1 aliphatic heterocycles. The summed E-state index contributed by atoms with van der Waals surface area (Å²) in [6, 6.07) is 3.46. The molecular formula is C16H25NO3S. The minimum Gasteiger partial charge on any atom is -0.392 e. The number of aryl methyl sites for hydroxylation is 1. The van der Waals surface area contributed by atoms with Crippen molar-refractivity contribution in [3.63, 3.8) is 0 Å². The summed E-state index contributed by atoms with van der Waals surface area (Å²) < 4.78 is 27.5. The van der Waals surface area contributed by atoms with Crippen molar-refractivity contribution in [1.29, 1.82) is 0 Å². The first-order valence-electron chi connectivity index (χ1n) is 7.57. The van der Waals surface area contributed by atoms with Crippen LogP contribution in [0.15, 0.2) is 17.0 Å². The van der Waals surface area contributed by atoms with Crippen molar-refractivity contribution < 1.29 is 13.5 Å². The Morgan fingerprint density at radius 1 is 1.24 bits per heavy atom. The van der Waals surface area contributed by atoms with E-state index in [1.165, 1.54) is 0 Å². The second-order valence-corrected chi connectivity index (χ2v) is 8.04. The molecule has 118 valence electrons. The lowest BCUT2D eigenvalue weighted by atomic mass is 10.0. The van der Waals surface area contributed by atoms with E-state index in [0.717, 1.165) is 30.4 Å². The van der Waals surface area contributed by atoms with E-state index in [1.807, 2.05) is 19.9 Å². The molecule has 0 aliphatic carbocycles. The van der Waals surface area contributed by atoms with Crippen LogP contribution in [0, 0.1) is 19.8 Å². The summed E-state index contributed by atoms with van der Waals surface area (Å²) in [6.45, 7) is 6.94. The molecule has 2 rings (SSSR count). The molecule has 0 saturated carbocycles. The van der Waals surface area contributed by atoms with Gasteiger partial charge < -0.3 is 5.11 Å². The fourth-order valence-electron chi connectivity index (χ4n) is 2.87. The normalized spacial score (nSPS) is 21.2. The minimum atomic E-state index is -3.47. The maximum absolute atomic E-state index is 12.9. The first-order chi connectivity index (χ1) is 9.86. The minimum absolute atomic E-state index is 0.138. The van der Waals surface area contributed by atoms with E-state index in [0.29, 0.717) is 29.5 Å². The highest BCUT2D eigenvalue weighted by atomic mass is 32.2. The molecule has 1 aliphatic rings. The highest BCUT2D eigenvalue weighted by molar-refractivity contribution is 7.89. The number of nitrogens with zero attached hydrogens (tertiary/aromatic N) is 1. The molecule has 1 saturated heterocycles. The van der Waals surface area contributed by atoms with Gasteiger partial charge in [0.15, 0.2) is 0 Å². The van der Waals surface area contributed by atoms with Gasteiger partial charge in [-0.05, 0) is 61.8 Å². The molecule has 0 spiro atoms. The second kappa shape index (κ2) is 6.46. The summed E-state index contributed by atoms with van der Waals surface area (Å²) in [5.41, 5.74) is 2.34. The monoisotopic (exact) mass is 311 g/mol. The zero-order valence-electron chi connectivity index (χ0n) is 13.1. The van der Waals surface area contributed by atoms with Crippen molar-refractivity contribution in [2.24, 2.45) is 5.92 Å². The predicted molar refractivity (Wildman–Crippen MR) is 83.6 cm³/mol. The van der Waals surface area contributed by atoms with Crippen molar-refractivity contribution in [2.45, 2.75) is 51.5 Å². The number of hydrogen-bond donors (Lipinski definition) is 1. The van der Waals surface area contributed by atoms with Gasteiger partial charge in [-0.25, -0.2) is 8.42 Å². The molecule has 0 aromatic heterocycles. The Balaban J connectivity index is 2.41. The van der Waals surface area contributed by atoms with Crippen LogP contribution in [-0.2, 0) is 16.6 Å². The number of sulfonamides is 1. The van der Waals surface area contributed by atoms with Gasteiger partial charge >= 0.3 is 0 Å². The van der Waals surface area contributed by atoms with Crippen molar-refractivity contribution in [3.05, 3.63) is 28.8 Å². The Labute approximate surface area is 127 Å². The number of rotatable bonds is 3. The van der Waals surface area contributed by atoms with E-state index >= 15 is 0 Å². The van der Waals surface area contributed by atoms with Crippen LogP contribution >= 0.6 is 0 Å². The van der Waals surface area contributed by atoms with Crippen LogP contribution in [0.3, 0.4) is 0 Å². The van der Waals surface area contributed by atoms with Gasteiger partial charge in [0.25, 0.3) is 0 Å². The fraction of sp³-hybridized carbons (Fsp3) is 0.625. The quantitative estimate of drug-likeness (QED) is 0.933. The van der Waals surface area contributed by atoms with E-state index in [1.54, 1.807) is 10.4 Å². The fourth-order valence-corrected chi connectivity index (χ4v) is 4.72. The standard InChI is InChI=1S/C16H25NO3S/c1-12-5-4-7-17(8-6-12)21(19,20)16-10-15(11-18)9-13(2)14(16)3/h9-10,12,18H,4-8,11H2,1-3H3. The lowest BCUT2D eigenvalue weighted by molar-refractivity contribution is 0.281. The van der Waals surface area contributed by atoms with Gasteiger partial charge in [0.2, 0.25) is 10.0 Å². The van der Waals surface area contributed by atoms with Gasteiger partial charge in [0, 0.05) is 13.1 Å². The van der Waals surface area contributed by atoms with Gasteiger partial charge in [-0.2, -0.15) is 4.31 Å². The smallest absolute Gasteiger partial charge is 0.243 e. The van der Waals surface area contributed by atoms with E-state index in [2.05, 4.69) is 6.92 Å². The second-order valence-electron chi connectivity index (χ2n) is 6.13. The number of benzene rings is 1. The first-order valence-corrected chi connectivity index (χ1v) is 9.01. The number of aliphatic hydroxyl groups is 1. The van der Waals surface area contributed by atoms with Crippen LogP contribution in [0.1, 0.15) is 42.9 Å². The molecule has 21 heavy (non-hydrogen) atoms. The lowest BCUT2D eigenvalue weighted by Crippen LogP contribution is -2.32. The van der Waals surface area contributed by atoms with E-state index < -0.39 is 10.0 Å². The van der Waals surface area contributed by atoms with Crippen LogP contribution < -0.4 is 0 Å². The van der Waals surface area contributed by atoms with Crippen molar-refractivity contribution >= 4 is 10.0 Å². The molecule has 1 aromatic carbocycles. The number of aliphatic hydroxyl groups excluding tert-OH is 1. The molecule has 1 unspecified atom stereocenters. The number of hydrogen-bond acceptors (Lipinski definition) is 3. The van der Waals surface area contributed by atoms with Crippen molar-refractivity contribution in [3.8, 4) is 0 Å². The Morgan fingerprint density at radius 3 is 2.62 bits per heavy atom. The van der Waals surface area contributed by atoms with Crippen LogP contribution in [0.25, 0.3) is 0 Å².